The van der Waals surface area contributed by atoms with Gasteiger partial charge in [0.1, 0.15) is 11.9 Å². The molecule has 0 amide bonds. The van der Waals surface area contributed by atoms with Crippen molar-refractivity contribution in [2.24, 2.45) is 5.92 Å². The molecule has 1 aromatic rings. The zero-order valence-corrected chi connectivity index (χ0v) is 10.5. The highest BCUT2D eigenvalue weighted by Crippen LogP contribution is 2.22. The van der Waals surface area contributed by atoms with Crippen LogP contribution in [0.1, 0.15) is 18.9 Å². The Balaban J connectivity index is 1.89. The van der Waals surface area contributed by atoms with Crippen molar-refractivity contribution in [2.45, 2.75) is 25.8 Å². The standard InChI is InChI=1S/C14H18FNO2/c1-10(14(17)18)16-7-6-12(9-16)8-11-2-4-13(15)5-3-11/h2-5,10,12H,6-9H2,1H3,(H,17,18)/t10-,12-/m0/s1. The molecule has 1 aliphatic rings. The Kier molecular flexibility index (Phi) is 3.97. The number of likely N-dealkylation sites (tertiary alicyclic amines) is 1. The molecule has 0 radical (unpaired) electrons. The lowest BCUT2D eigenvalue weighted by atomic mass is 9.99. The van der Waals surface area contributed by atoms with E-state index in [9.17, 15) is 9.18 Å². The average Bonchev–Trinajstić information content (AvgIpc) is 2.79. The van der Waals surface area contributed by atoms with E-state index in [1.807, 2.05) is 4.90 Å². The van der Waals surface area contributed by atoms with Gasteiger partial charge in [-0.25, -0.2) is 4.39 Å². The van der Waals surface area contributed by atoms with Crippen LogP contribution in [-0.4, -0.2) is 35.1 Å². The Morgan fingerprint density at radius 1 is 1.50 bits per heavy atom. The first-order valence-corrected chi connectivity index (χ1v) is 6.27. The molecular weight excluding hydrogens is 233 g/mol. The lowest BCUT2D eigenvalue weighted by Crippen LogP contribution is -2.37. The summed E-state index contributed by atoms with van der Waals surface area (Å²) in [7, 11) is 0. The van der Waals surface area contributed by atoms with Crippen molar-refractivity contribution in [3.8, 4) is 0 Å². The predicted molar refractivity (Wildman–Crippen MR) is 66.9 cm³/mol. The Morgan fingerprint density at radius 2 is 2.17 bits per heavy atom. The quantitative estimate of drug-likeness (QED) is 0.891. The molecule has 1 heterocycles. The van der Waals surface area contributed by atoms with Crippen LogP contribution in [-0.2, 0) is 11.2 Å². The number of nitrogens with zero attached hydrogens (tertiary/aromatic N) is 1. The molecule has 0 aliphatic carbocycles. The number of hydrogen-bond donors (Lipinski definition) is 1. The molecule has 4 heteroatoms. The van der Waals surface area contributed by atoms with E-state index in [4.69, 9.17) is 5.11 Å². The second-order valence-corrected chi connectivity index (χ2v) is 4.99. The molecule has 98 valence electrons. The first-order chi connectivity index (χ1) is 8.56. The van der Waals surface area contributed by atoms with Gasteiger partial charge in [0.15, 0.2) is 0 Å². The van der Waals surface area contributed by atoms with Gasteiger partial charge in [0.2, 0.25) is 0 Å². The minimum absolute atomic E-state index is 0.216. The molecule has 1 aliphatic heterocycles. The van der Waals surface area contributed by atoms with E-state index < -0.39 is 12.0 Å². The van der Waals surface area contributed by atoms with Crippen molar-refractivity contribution in [3.63, 3.8) is 0 Å². The van der Waals surface area contributed by atoms with Crippen molar-refractivity contribution in [2.75, 3.05) is 13.1 Å². The van der Waals surface area contributed by atoms with E-state index in [-0.39, 0.29) is 5.82 Å². The van der Waals surface area contributed by atoms with Crippen LogP contribution in [0.15, 0.2) is 24.3 Å². The fraction of sp³-hybridized carbons (Fsp3) is 0.500. The number of rotatable bonds is 4. The SMILES string of the molecule is C[C@@H](C(=O)O)N1CC[C@@H](Cc2ccc(F)cc2)C1. The largest absolute Gasteiger partial charge is 0.480 e. The first-order valence-electron chi connectivity index (χ1n) is 6.27. The third-order valence-corrected chi connectivity index (χ3v) is 3.66. The summed E-state index contributed by atoms with van der Waals surface area (Å²) < 4.78 is 12.8. The van der Waals surface area contributed by atoms with Gasteiger partial charge in [-0.3, -0.25) is 9.69 Å². The van der Waals surface area contributed by atoms with E-state index in [2.05, 4.69) is 0 Å². The molecule has 0 aromatic heterocycles. The third kappa shape index (κ3) is 3.07. The van der Waals surface area contributed by atoms with Gasteiger partial charge in [0.05, 0.1) is 0 Å². The highest BCUT2D eigenvalue weighted by atomic mass is 19.1. The number of carboxylic acids is 1. The van der Waals surface area contributed by atoms with Gasteiger partial charge >= 0.3 is 5.97 Å². The third-order valence-electron chi connectivity index (χ3n) is 3.66. The number of benzene rings is 1. The Bertz CT molecular complexity index is 418. The number of aliphatic carboxylic acids is 1. The minimum atomic E-state index is -0.766. The smallest absolute Gasteiger partial charge is 0.320 e. The van der Waals surface area contributed by atoms with Gasteiger partial charge in [0.25, 0.3) is 0 Å². The fourth-order valence-corrected chi connectivity index (χ4v) is 2.49. The maximum Gasteiger partial charge on any atom is 0.320 e. The average molecular weight is 251 g/mol. The molecule has 2 atom stereocenters. The second-order valence-electron chi connectivity index (χ2n) is 4.99. The summed E-state index contributed by atoms with van der Waals surface area (Å²) in [5.41, 5.74) is 1.12. The molecule has 1 aromatic carbocycles. The van der Waals surface area contributed by atoms with Crippen molar-refractivity contribution < 1.29 is 14.3 Å². The first kappa shape index (κ1) is 13.0. The van der Waals surface area contributed by atoms with E-state index in [1.54, 1.807) is 19.1 Å². The zero-order valence-electron chi connectivity index (χ0n) is 10.5. The van der Waals surface area contributed by atoms with E-state index >= 15 is 0 Å². The van der Waals surface area contributed by atoms with Gasteiger partial charge < -0.3 is 5.11 Å². The summed E-state index contributed by atoms with van der Waals surface area (Å²) in [5.74, 6) is -0.513. The van der Waals surface area contributed by atoms with Crippen molar-refractivity contribution in [3.05, 3.63) is 35.6 Å². The van der Waals surface area contributed by atoms with Gasteiger partial charge in [-0.2, -0.15) is 0 Å². The maximum absolute atomic E-state index is 12.8. The number of carbonyl (C=O) groups is 1. The monoisotopic (exact) mass is 251 g/mol. The molecule has 0 saturated carbocycles. The molecule has 0 spiro atoms. The van der Waals surface area contributed by atoms with Crippen molar-refractivity contribution in [1.29, 1.82) is 0 Å². The Labute approximate surface area is 106 Å². The lowest BCUT2D eigenvalue weighted by Gasteiger charge is -2.20. The summed E-state index contributed by atoms with van der Waals surface area (Å²) in [5, 5.41) is 8.97. The van der Waals surface area contributed by atoms with Crippen LogP contribution < -0.4 is 0 Å². The number of carboxylic acid groups (broad SMARTS) is 1. The fourth-order valence-electron chi connectivity index (χ4n) is 2.49. The summed E-state index contributed by atoms with van der Waals surface area (Å²) in [4.78, 5) is 12.9. The molecule has 18 heavy (non-hydrogen) atoms. The van der Waals surface area contributed by atoms with Crippen LogP contribution in [0.3, 0.4) is 0 Å². The van der Waals surface area contributed by atoms with Gasteiger partial charge in [-0.15, -0.1) is 0 Å². The summed E-state index contributed by atoms with van der Waals surface area (Å²) in [6.45, 7) is 3.37. The van der Waals surface area contributed by atoms with E-state index in [1.165, 1.54) is 12.1 Å². The van der Waals surface area contributed by atoms with Gasteiger partial charge in [-0.1, -0.05) is 12.1 Å². The summed E-state index contributed by atoms with van der Waals surface area (Å²) >= 11 is 0. The van der Waals surface area contributed by atoms with Crippen LogP contribution in [0.25, 0.3) is 0 Å². The normalized spacial score (nSPS) is 22.0. The van der Waals surface area contributed by atoms with Crippen LogP contribution in [0.2, 0.25) is 0 Å². The van der Waals surface area contributed by atoms with Crippen LogP contribution in [0.4, 0.5) is 4.39 Å². The summed E-state index contributed by atoms with van der Waals surface area (Å²) in [6, 6.07) is 6.14. The number of hydrogen-bond acceptors (Lipinski definition) is 2. The topological polar surface area (TPSA) is 40.5 Å². The Morgan fingerprint density at radius 3 is 2.78 bits per heavy atom. The second kappa shape index (κ2) is 5.48. The Hall–Kier alpha value is -1.42. The molecule has 3 nitrogen and oxygen atoms in total. The lowest BCUT2D eigenvalue weighted by molar-refractivity contribution is -0.142. The molecule has 0 unspecified atom stereocenters. The molecule has 1 N–H and O–H groups in total. The van der Waals surface area contributed by atoms with E-state index in [0.717, 1.165) is 31.5 Å². The van der Waals surface area contributed by atoms with Gasteiger partial charge in [-0.05, 0) is 49.9 Å². The highest BCUT2D eigenvalue weighted by Gasteiger charge is 2.29. The van der Waals surface area contributed by atoms with Crippen molar-refractivity contribution in [1.82, 2.24) is 4.90 Å². The molecule has 2 rings (SSSR count). The molecule has 1 fully saturated rings. The number of halogens is 1. The molecule has 1 saturated heterocycles. The van der Waals surface area contributed by atoms with Crippen LogP contribution in [0, 0.1) is 11.7 Å². The minimum Gasteiger partial charge on any atom is -0.480 e. The van der Waals surface area contributed by atoms with E-state index in [0.29, 0.717) is 5.92 Å². The maximum atomic E-state index is 12.8. The highest BCUT2D eigenvalue weighted by molar-refractivity contribution is 5.72. The van der Waals surface area contributed by atoms with Gasteiger partial charge in [0, 0.05) is 6.54 Å². The zero-order chi connectivity index (χ0) is 13.1. The van der Waals surface area contributed by atoms with Crippen LogP contribution >= 0.6 is 0 Å². The molecular formula is C14H18FNO2. The predicted octanol–water partition coefficient (Wildman–Crippen LogP) is 2.16. The van der Waals surface area contributed by atoms with Crippen LogP contribution in [0.5, 0.6) is 0 Å². The molecule has 0 bridgehead atoms. The summed E-state index contributed by atoms with van der Waals surface area (Å²) in [6.07, 6.45) is 1.90. The van der Waals surface area contributed by atoms with Crippen molar-refractivity contribution >= 4 is 5.97 Å².